The fourth-order valence-corrected chi connectivity index (χ4v) is 2.12. The van der Waals surface area contributed by atoms with Gasteiger partial charge in [-0.15, -0.1) is 0 Å². The maximum Gasteiger partial charge on any atom is 0.166 e. The van der Waals surface area contributed by atoms with Crippen LogP contribution in [0.25, 0.3) is 0 Å². The summed E-state index contributed by atoms with van der Waals surface area (Å²) in [7, 11) is 0. The topological polar surface area (TPSA) is 57.5 Å². The van der Waals surface area contributed by atoms with E-state index in [4.69, 9.17) is 0 Å². The average molecular weight is 324 g/mol. The first-order valence-corrected chi connectivity index (χ1v) is 5.50. The molecule has 0 heterocycles. The molecule has 5 heteroatoms. The van der Waals surface area contributed by atoms with Gasteiger partial charge in [-0.3, -0.25) is 4.79 Å². The van der Waals surface area contributed by atoms with Crippen LogP contribution < -0.4 is 0 Å². The number of ketones is 1. The van der Waals surface area contributed by atoms with Crippen molar-refractivity contribution in [3.05, 3.63) is 20.6 Å². The molecule has 0 spiro atoms. The van der Waals surface area contributed by atoms with Gasteiger partial charge >= 0.3 is 0 Å². The monoisotopic (exact) mass is 322 g/mol. The van der Waals surface area contributed by atoms with Crippen LogP contribution in [0, 0.1) is 0 Å². The van der Waals surface area contributed by atoms with E-state index in [0.717, 1.165) is 0 Å². The molecule has 1 aromatic rings. The van der Waals surface area contributed by atoms with E-state index in [1.165, 1.54) is 6.07 Å². The van der Waals surface area contributed by atoms with Gasteiger partial charge in [0.15, 0.2) is 5.78 Å². The summed E-state index contributed by atoms with van der Waals surface area (Å²) >= 11 is 6.08. The number of aromatic hydroxyl groups is 2. The van der Waals surface area contributed by atoms with Crippen molar-refractivity contribution in [2.75, 3.05) is 0 Å². The van der Waals surface area contributed by atoms with Gasteiger partial charge in [-0.05, 0) is 37.9 Å². The van der Waals surface area contributed by atoms with E-state index in [-0.39, 0.29) is 27.3 Å². The smallest absolute Gasteiger partial charge is 0.166 e. The molecule has 2 N–H and O–H groups in total. The van der Waals surface area contributed by atoms with Crippen LogP contribution in [0.2, 0.25) is 0 Å². The molecular formula is C9H8Br2O3. The molecule has 0 saturated carbocycles. The van der Waals surface area contributed by atoms with Crippen LogP contribution in [0.4, 0.5) is 0 Å². The van der Waals surface area contributed by atoms with E-state index in [0.29, 0.717) is 10.9 Å². The number of phenolic OH excluding ortho intramolecular Hbond substituents is 2. The van der Waals surface area contributed by atoms with Crippen molar-refractivity contribution < 1.29 is 15.0 Å². The van der Waals surface area contributed by atoms with E-state index < -0.39 is 0 Å². The molecule has 14 heavy (non-hydrogen) atoms. The third-order valence-electron chi connectivity index (χ3n) is 1.79. The summed E-state index contributed by atoms with van der Waals surface area (Å²) in [6.45, 7) is 1.70. The number of carbonyl (C=O) groups excluding carboxylic acids is 1. The number of hydrogen-bond donors (Lipinski definition) is 2. The molecule has 0 aliphatic heterocycles. The predicted molar refractivity (Wildman–Crippen MR) is 59.8 cm³/mol. The zero-order valence-corrected chi connectivity index (χ0v) is 10.5. The summed E-state index contributed by atoms with van der Waals surface area (Å²) in [5.41, 5.74) is 0.198. The van der Waals surface area contributed by atoms with E-state index in [1.807, 2.05) is 0 Å². The first-order chi connectivity index (χ1) is 6.49. The number of hydrogen-bond acceptors (Lipinski definition) is 3. The Hall–Kier alpha value is -0.550. The third-order valence-corrected chi connectivity index (χ3v) is 3.15. The van der Waals surface area contributed by atoms with Crippen molar-refractivity contribution in [2.24, 2.45) is 0 Å². The van der Waals surface area contributed by atoms with Crippen LogP contribution in [-0.4, -0.2) is 16.0 Å². The van der Waals surface area contributed by atoms with Crippen LogP contribution in [0.5, 0.6) is 11.5 Å². The second-order valence-electron chi connectivity index (χ2n) is 2.69. The van der Waals surface area contributed by atoms with Gasteiger partial charge in [0.2, 0.25) is 0 Å². The van der Waals surface area contributed by atoms with Crippen LogP contribution in [0.3, 0.4) is 0 Å². The van der Waals surface area contributed by atoms with Gasteiger partial charge in [0, 0.05) is 6.42 Å². The highest BCUT2D eigenvalue weighted by atomic mass is 79.9. The maximum absolute atomic E-state index is 11.4. The highest BCUT2D eigenvalue weighted by molar-refractivity contribution is 9.11. The number of phenols is 2. The quantitative estimate of drug-likeness (QED) is 0.822. The minimum atomic E-state index is -0.224. The molecule has 76 valence electrons. The van der Waals surface area contributed by atoms with E-state index >= 15 is 0 Å². The lowest BCUT2D eigenvalue weighted by Gasteiger charge is -2.07. The minimum Gasteiger partial charge on any atom is -0.506 e. The van der Waals surface area contributed by atoms with Crippen molar-refractivity contribution in [2.45, 2.75) is 13.3 Å². The van der Waals surface area contributed by atoms with Crippen molar-refractivity contribution in [1.29, 1.82) is 0 Å². The second kappa shape index (κ2) is 4.31. The molecule has 0 saturated heterocycles. The number of rotatable bonds is 2. The zero-order valence-electron chi connectivity index (χ0n) is 7.34. The van der Waals surface area contributed by atoms with Gasteiger partial charge in [0.1, 0.15) is 16.0 Å². The van der Waals surface area contributed by atoms with Crippen molar-refractivity contribution in [3.63, 3.8) is 0 Å². The predicted octanol–water partition coefficient (Wildman–Crippen LogP) is 3.22. The molecule has 0 radical (unpaired) electrons. The number of benzene rings is 1. The number of carbonyl (C=O) groups is 1. The summed E-state index contributed by atoms with van der Waals surface area (Å²) in [5, 5.41) is 19.0. The van der Waals surface area contributed by atoms with Gasteiger partial charge in [-0.1, -0.05) is 6.92 Å². The Labute approximate surface area is 98.0 Å². The highest BCUT2D eigenvalue weighted by Crippen LogP contribution is 2.41. The van der Waals surface area contributed by atoms with Crippen molar-refractivity contribution in [1.82, 2.24) is 0 Å². The Balaban J connectivity index is 3.40. The Morgan fingerprint density at radius 1 is 1.36 bits per heavy atom. The number of Topliss-reactive ketones (excluding diaryl/α,β-unsaturated/α-hetero) is 1. The Morgan fingerprint density at radius 2 is 1.93 bits per heavy atom. The first-order valence-electron chi connectivity index (χ1n) is 3.92. The Bertz CT molecular complexity index is 388. The van der Waals surface area contributed by atoms with Gasteiger partial charge in [-0.2, -0.15) is 0 Å². The lowest BCUT2D eigenvalue weighted by Crippen LogP contribution is -1.97. The van der Waals surface area contributed by atoms with Crippen LogP contribution in [-0.2, 0) is 0 Å². The fraction of sp³-hybridized carbons (Fsp3) is 0.222. The van der Waals surface area contributed by atoms with Crippen LogP contribution >= 0.6 is 31.9 Å². The van der Waals surface area contributed by atoms with Crippen LogP contribution in [0.1, 0.15) is 23.7 Å². The summed E-state index contributed by atoms with van der Waals surface area (Å²) in [6.07, 6.45) is 0.303. The summed E-state index contributed by atoms with van der Waals surface area (Å²) in [4.78, 5) is 11.4. The molecule has 0 atom stereocenters. The molecule has 1 rings (SSSR count). The normalized spacial score (nSPS) is 10.2. The summed E-state index contributed by atoms with van der Waals surface area (Å²) in [6, 6.07) is 1.40. The van der Waals surface area contributed by atoms with Gasteiger partial charge in [-0.25, -0.2) is 0 Å². The molecule has 0 aromatic heterocycles. The third kappa shape index (κ3) is 1.93. The van der Waals surface area contributed by atoms with Gasteiger partial charge in [0.25, 0.3) is 0 Å². The SMILES string of the molecule is CCC(=O)c1cc(Br)c(O)c(Br)c1O. The average Bonchev–Trinajstić information content (AvgIpc) is 2.19. The van der Waals surface area contributed by atoms with Gasteiger partial charge in [0.05, 0.1) is 10.0 Å². The molecule has 3 nitrogen and oxygen atoms in total. The fourth-order valence-electron chi connectivity index (χ4n) is 1.00. The van der Waals surface area contributed by atoms with E-state index in [2.05, 4.69) is 31.9 Å². The minimum absolute atomic E-state index is 0.116. The molecule has 0 bridgehead atoms. The standard InChI is InChI=1S/C9H8Br2O3/c1-2-6(12)4-3-5(10)9(14)7(11)8(4)13/h3,13-14H,2H2,1H3. The summed E-state index contributed by atoms with van der Waals surface area (Å²) in [5.74, 6) is -0.517. The van der Waals surface area contributed by atoms with E-state index in [1.54, 1.807) is 6.92 Å². The second-order valence-corrected chi connectivity index (χ2v) is 4.34. The lowest BCUT2D eigenvalue weighted by atomic mass is 10.1. The molecule has 0 fully saturated rings. The molecule has 1 aromatic carbocycles. The van der Waals surface area contributed by atoms with E-state index in [9.17, 15) is 15.0 Å². The Kier molecular flexibility index (Phi) is 3.55. The molecule has 0 aliphatic rings. The lowest BCUT2D eigenvalue weighted by molar-refractivity contribution is 0.0985. The van der Waals surface area contributed by atoms with Crippen LogP contribution in [0.15, 0.2) is 15.0 Å². The molecule has 0 aliphatic carbocycles. The van der Waals surface area contributed by atoms with Crippen molar-refractivity contribution >= 4 is 37.6 Å². The first kappa shape index (κ1) is 11.5. The molecule has 0 amide bonds. The largest absolute Gasteiger partial charge is 0.506 e. The molecule has 0 unspecified atom stereocenters. The number of halogens is 2. The van der Waals surface area contributed by atoms with Crippen molar-refractivity contribution in [3.8, 4) is 11.5 Å². The maximum atomic E-state index is 11.4. The highest BCUT2D eigenvalue weighted by Gasteiger charge is 2.17. The zero-order chi connectivity index (χ0) is 10.9. The Morgan fingerprint density at radius 3 is 2.43 bits per heavy atom. The van der Waals surface area contributed by atoms with Gasteiger partial charge < -0.3 is 10.2 Å². The molecular weight excluding hydrogens is 316 g/mol. The summed E-state index contributed by atoms with van der Waals surface area (Å²) < 4.78 is 0.502.